The van der Waals surface area contributed by atoms with Crippen molar-refractivity contribution in [2.24, 2.45) is 23.5 Å². The minimum atomic E-state index is -3.07. The van der Waals surface area contributed by atoms with Crippen molar-refractivity contribution in [1.82, 2.24) is 34.7 Å². The molecule has 12 nitrogen and oxygen atoms in total. The van der Waals surface area contributed by atoms with Gasteiger partial charge in [-0.3, -0.25) is 10.1 Å². The standard InChI is InChI=1S/C49H62F4N8O4/c1-8-32-34-18-29(36-23-55-44(57-36)31-17-28(20-48(50,51)21-31)11-10-12-35(26(3)4)59-47(63)64-7)14-16-38(34)61-41(9-2)65-40-19-30(13-15-33(40)43(32)61)37-24-56-45(58-37)39-22-49(52,53)25-60(39)46(62)42(54)27(5)6/h8,13-16,18-19,23-24,26-28,31,35,39,41-42,47,59,63H,1,9-12,17,20-22,25,54H2,2-7H3,(H,55,57)(H,56,58). The molecule has 0 radical (unpaired) electrons. The first-order chi connectivity index (χ1) is 30.9. The third-order valence-corrected chi connectivity index (χ3v) is 13.7. The van der Waals surface area contributed by atoms with Gasteiger partial charge in [0.2, 0.25) is 18.2 Å². The number of methoxy groups -OCH3 is 1. The lowest BCUT2D eigenvalue weighted by atomic mass is 9.76. The molecule has 1 aliphatic carbocycles. The highest BCUT2D eigenvalue weighted by Gasteiger charge is 2.50. The Kier molecular flexibility index (Phi) is 13.1. The molecule has 0 bridgehead atoms. The SMILES string of the molecule is C=Cc1c2n(c3ccc(-c4cnc(C5CC(CCCC(NC(O)OC)C(C)C)CC(F)(F)C5)[nH]4)cc13)C(CC)Oc1cc(-c3cnc(C4CC(F)(F)CN4C(=O)C(N)C(C)C)[nH]3)ccc1-2. The minimum absolute atomic E-state index is 0.000599. The molecule has 2 aliphatic heterocycles. The number of halogens is 4. The molecular formula is C49H62F4N8O4. The van der Waals surface area contributed by atoms with E-state index in [1.807, 2.05) is 43.3 Å². The van der Waals surface area contributed by atoms with Gasteiger partial charge in [-0.05, 0) is 54.9 Å². The molecule has 2 aromatic carbocycles. The van der Waals surface area contributed by atoms with E-state index in [4.69, 9.17) is 15.2 Å². The van der Waals surface area contributed by atoms with Gasteiger partial charge in [0.15, 0.2) is 6.23 Å². The summed E-state index contributed by atoms with van der Waals surface area (Å²) in [5, 5.41) is 14.0. The number of alkyl halides is 4. The van der Waals surface area contributed by atoms with Crippen LogP contribution in [0.2, 0.25) is 0 Å². The number of aromatic amines is 2. The second-order valence-electron chi connectivity index (χ2n) is 19.0. The van der Waals surface area contributed by atoms with Gasteiger partial charge in [-0.1, -0.05) is 72.2 Å². The summed E-state index contributed by atoms with van der Waals surface area (Å²) in [6.45, 7) is 13.2. The number of rotatable bonds is 16. The minimum Gasteiger partial charge on any atom is -0.469 e. The molecule has 8 rings (SSSR count). The Balaban J connectivity index is 1.03. The maximum atomic E-state index is 15.3. The Bertz CT molecular complexity index is 2510. The summed E-state index contributed by atoms with van der Waals surface area (Å²) in [4.78, 5) is 30.1. The molecule has 3 aliphatic rings. The predicted octanol–water partition coefficient (Wildman–Crippen LogP) is 10.2. The summed E-state index contributed by atoms with van der Waals surface area (Å²) in [7, 11) is 1.43. The number of amides is 1. The van der Waals surface area contributed by atoms with Gasteiger partial charge in [0.1, 0.15) is 17.4 Å². The fourth-order valence-electron chi connectivity index (χ4n) is 10.2. The number of benzene rings is 2. The van der Waals surface area contributed by atoms with E-state index in [0.29, 0.717) is 36.5 Å². The molecule has 1 saturated carbocycles. The molecule has 7 unspecified atom stereocenters. The number of likely N-dealkylation sites (tertiary alicyclic amines) is 1. The Hall–Kier alpha value is -5.03. The molecule has 5 aromatic rings. The van der Waals surface area contributed by atoms with E-state index in [2.05, 4.69) is 56.3 Å². The highest BCUT2D eigenvalue weighted by Crippen LogP contribution is 2.49. The topological polar surface area (TPSA) is 159 Å². The number of imidazole rings is 2. The largest absolute Gasteiger partial charge is 0.469 e. The zero-order valence-electron chi connectivity index (χ0n) is 38.0. The van der Waals surface area contributed by atoms with Gasteiger partial charge < -0.3 is 39.7 Å². The second-order valence-corrected chi connectivity index (χ2v) is 19.0. The zero-order chi connectivity index (χ0) is 46.5. The van der Waals surface area contributed by atoms with Gasteiger partial charge in [-0.25, -0.2) is 27.5 Å². The average Bonchev–Trinajstić information content (AvgIpc) is 4.08. The van der Waals surface area contributed by atoms with Crippen LogP contribution in [0.4, 0.5) is 17.6 Å². The van der Waals surface area contributed by atoms with Crippen molar-refractivity contribution in [1.29, 1.82) is 0 Å². The predicted molar refractivity (Wildman–Crippen MR) is 243 cm³/mol. The first-order valence-corrected chi connectivity index (χ1v) is 22.9. The molecule has 65 heavy (non-hydrogen) atoms. The summed E-state index contributed by atoms with van der Waals surface area (Å²) < 4.78 is 74.0. The molecule has 1 saturated heterocycles. The Labute approximate surface area is 377 Å². The molecule has 16 heteroatoms. The zero-order valence-corrected chi connectivity index (χ0v) is 38.0. The van der Waals surface area contributed by atoms with Crippen LogP contribution in [0.3, 0.4) is 0 Å². The van der Waals surface area contributed by atoms with Crippen LogP contribution in [0, 0.1) is 17.8 Å². The number of aliphatic hydroxyl groups excluding tert-OH is 1. The number of H-pyrrole nitrogens is 2. The van der Waals surface area contributed by atoms with E-state index < -0.39 is 55.1 Å². The van der Waals surface area contributed by atoms with Crippen LogP contribution in [0.25, 0.3) is 50.8 Å². The fourth-order valence-corrected chi connectivity index (χ4v) is 10.2. The lowest BCUT2D eigenvalue weighted by Gasteiger charge is -2.34. The Morgan fingerprint density at radius 3 is 2.38 bits per heavy atom. The number of hydrogen-bond acceptors (Lipinski definition) is 8. The van der Waals surface area contributed by atoms with Crippen LogP contribution in [-0.4, -0.2) is 84.4 Å². The Morgan fingerprint density at radius 1 is 1.02 bits per heavy atom. The number of fused-ring (bicyclic) bond motifs is 5. The van der Waals surface area contributed by atoms with Gasteiger partial charge >= 0.3 is 0 Å². The number of carbonyl (C=O) groups is 1. The van der Waals surface area contributed by atoms with Crippen molar-refractivity contribution in [3.8, 4) is 39.5 Å². The maximum Gasteiger partial charge on any atom is 0.267 e. The number of aliphatic hydroxyl groups is 1. The summed E-state index contributed by atoms with van der Waals surface area (Å²) in [6.07, 6.45) is 6.18. The molecular weight excluding hydrogens is 841 g/mol. The van der Waals surface area contributed by atoms with Crippen molar-refractivity contribution >= 4 is 22.9 Å². The Morgan fingerprint density at radius 2 is 1.71 bits per heavy atom. The number of nitrogens with one attached hydrogen (secondary N) is 3. The number of carbonyl (C=O) groups excluding carboxylic acids is 1. The van der Waals surface area contributed by atoms with Crippen LogP contribution < -0.4 is 15.8 Å². The average molecular weight is 903 g/mol. The molecule has 7 atom stereocenters. The summed E-state index contributed by atoms with van der Waals surface area (Å²) >= 11 is 0. The normalized spacial score (nSPS) is 22.8. The highest BCUT2D eigenvalue weighted by molar-refractivity contribution is 6.01. The number of nitrogens with two attached hydrogens (primary N) is 1. The van der Waals surface area contributed by atoms with E-state index in [0.717, 1.165) is 62.3 Å². The van der Waals surface area contributed by atoms with E-state index in [1.54, 1.807) is 26.2 Å². The lowest BCUT2D eigenvalue weighted by Crippen LogP contribution is -2.47. The number of hydrogen-bond donors (Lipinski definition) is 5. The van der Waals surface area contributed by atoms with Gasteiger partial charge in [0.05, 0.1) is 53.6 Å². The van der Waals surface area contributed by atoms with Gasteiger partial charge in [-0.2, -0.15) is 0 Å². The van der Waals surface area contributed by atoms with E-state index in [1.165, 1.54) is 7.11 Å². The van der Waals surface area contributed by atoms with E-state index in [9.17, 15) is 18.7 Å². The third-order valence-electron chi connectivity index (χ3n) is 13.7. The molecule has 350 valence electrons. The molecule has 6 N–H and O–H groups in total. The second kappa shape index (κ2) is 18.3. The van der Waals surface area contributed by atoms with Crippen molar-refractivity contribution in [3.63, 3.8) is 0 Å². The molecule has 3 aromatic heterocycles. The quantitative estimate of drug-likeness (QED) is 0.0484. The van der Waals surface area contributed by atoms with Crippen molar-refractivity contribution in [3.05, 3.63) is 72.6 Å². The maximum absolute atomic E-state index is 15.3. The summed E-state index contributed by atoms with van der Waals surface area (Å²) in [6, 6.07) is 10.1. The first-order valence-electron chi connectivity index (χ1n) is 22.9. The van der Waals surface area contributed by atoms with Crippen LogP contribution in [0.1, 0.15) is 121 Å². The first kappa shape index (κ1) is 46.5. The lowest BCUT2D eigenvalue weighted by molar-refractivity contribution is -0.135. The number of nitrogens with zero attached hydrogens (tertiary/aromatic N) is 4. The van der Waals surface area contributed by atoms with E-state index >= 15 is 8.78 Å². The summed E-state index contributed by atoms with van der Waals surface area (Å²) in [5.41, 5.74) is 12.7. The van der Waals surface area contributed by atoms with Gasteiger partial charge in [-0.15, -0.1) is 0 Å². The molecule has 0 spiro atoms. The number of ether oxygens (including phenoxy) is 2. The molecule has 1 amide bonds. The number of aromatic nitrogens is 5. The highest BCUT2D eigenvalue weighted by atomic mass is 19.3. The van der Waals surface area contributed by atoms with Crippen LogP contribution in [-0.2, 0) is 9.53 Å². The molecule has 2 fully saturated rings. The smallest absolute Gasteiger partial charge is 0.267 e. The van der Waals surface area contributed by atoms with Crippen LogP contribution in [0.15, 0.2) is 55.4 Å². The van der Waals surface area contributed by atoms with E-state index in [-0.39, 0.29) is 48.7 Å². The van der Waals surface area contributed by atoms with Crippen LogP contribution >= 0.6 is 0 Å². The van der Waals surface area contributed by atoms with Gasteiger partial charge in [0.25, 0.3) is 5.92 Å². The van der Waals surface area contributed by atoms with Crippen molar-refractivity contribution in [2.75, 3.05) is 13.7 Å². The molecule has 5 heterocycles. The summed E-state index contributed by atoms with van der Waals surface area (Å²) in [5.74, 6) is -5.49. The monoisotopic (exact) mass is 902 g/mol. The van der Waals surface area contributed by atoms with Crippen LogP contribution in [0.5, 0.6) is 5.75 Å². The van der Waals surface area contributed by atoms with Crippen molar-refractivity contribution in [2.45, 2.75) is 135 Å². The third kappa shape index (κ3) is 9.36. The fraction of sp³-hybridized carbons (Fsp3) is 0.531. The van der Waals surface area contributed by atoms with Gasteiger partial charge in [0, 0.05) is 72.4 Å². The van der Waals surface area contributed by atoms with Crippen molar-refractivity contribution < 1.29 is 36.9 Å².